The number of pyridine rings is 3. The van der Waals surface area contributed by atoms with Gasteiger partial charge in [0, 0.05) is 36.5 Å². The van der Waals surface area contributed by atoms with E-state index in [0.717, 1.165) is 11.6 Å². The van der Waals surface area contributed by atoms with Crippen LogP contribution in [0.1, 0.15) is 35.5 Å². The smallest absolute Gasteiger partial charge is 0.251 e. The minimum Gasteiger partial charge on any atom is -0.372 e. The lowest BCUT2D eigenvalue weighted by molar-refractivity contribution is -0.00544. The van der Waals surface area contributed by atoms with E-state index in [-0.39, 0.29) is 29.2 Å². The topological polar surface area (TPSA) is 114 Å². The molecule has 1 aliphatic rings. The molecule has 5 rings (SSSR count). The van der Waals surface area contributed by atoms with E-state index < -0.39 is 15.7 Å². The molecule has 41 heavy (non-hydrogen) atoms. The fourth-order valence-electron chi connectivity index (χ4n) is 4.91. The zero-order valence-corrected chi connectivity index (χ0v) is 25.3. The van der Waals surface area contributed by atoms with Crippen molar-refractivity contribution in [3.05, 3.63) is 75.5 Å². The number of halogens is 2. The Bertz CT molecular complexity index is 1760. The van der Waals surface area contributed by atoms with Crippen LogP contribution in [-0.4, -0.2) is 60.8 Å². The fraction of sp³-hybridized carbons (Fsp3) is 0.310. The molecule has 0 unspecified atom stereocenters. The van der Waals surface area contributed by atoms with E-state index in [4.69, 9.17) is 37.9 Å². The van der Waals surface area contributed by atoms with Gasteiger partial charge in [-0.15, -0.1) is 0 Å². The molecule has 0 radical (unpaired) electrons. The van der Waals surface area contributed by atoms with Crippen LogP contribution in [0.3, 0.4) is 0 Å². The molecule has 1 aliphatic heterocycles. The number of hydrogen-bond donors (Lipinski definition) is 1. The number of nitrogens with zero attached hydrogens (tertiary/aromatic N) is 4. The number of hydrogen-bond acceptors (Lipinski definition) is 8. The highest BCUT2D eigenvalue weighted by Crippen LogP contribution is 2.35. The quantitative estimate of drug-likeness (QED) is 0.313. The lowest BCUT2D eigenvalue weighted by atomic mass is 10.1. The Balaban J connectivity index is 1.39. The van der Waals surface area contributed by atoms with Crippen molar-refractivity contribution in [1.82, 2.24) is 20.3 Å². The molecule has 1 fully saturated rings. The van der Waals surface area contributed by atoms with Gasteiger partial charge in [0.15, 0.2) is 9.84 Å². The average Bonchev–Trinajstić information content (AvgIpc) is 2.90. The number of morpholine rings is 1. The Kier molecular flexibility index (Phi) is 8.20. The van der Waals surface area contributed by atoms with Crippen molar-refractivity contribution < 1.29 is 17.9 Å². The molecule has 4 heterocycles. The van der Waals surface area contributed by atoms with E-state index in [2.05, 4.69) is 15.2 Å². The van der Waals surface area contributed by atoms with Crippen LogP contribution in [0.4, 0.5) is 5.82 Å². The number of nitrogens with one attached hydrogen (secondary N) is 1. The van der Waals surface area contributed by atoms with Crippen LogP contribution in [0, 0.1) is 6.92 Å². The summed E-state index contributed by atoms with van der Waals surface area (Å²) in [5, 5.41) is 4.45. The number of amides is 1. The van der Waals surface area contributed by atoms with Crippen LogP contribution in [0.15, 0.2) is 53.6 Å². The summed E-state index contributed by atoms with van der Waals surface area (Å²) < 4.78 is 30.0. The maximum atomic E-state index is 12.8. The Morgan fingerprint density at radius 2 is 1.78 bits per heavy atom. The first-order chi connectivity index (χ1) is 19.4. The largest absolute Gasteiger partial charge is 0.372 e. The first kappa shape index (κ1) is 29.2. The third-order valence-electron chi connectivity index (χ3n) is 6.78. The minimum atomic E-state index is -3.46. The zero-order valence-electron chi connectivity index (χ0n) is 23.0. The Hall–Kier alpha value is -3.31. The predicted molar refractivity (Wildman–Crippen MR) is 160 cm³/mol. The van der Waals surface area contributed by atoms with Crippen LogP contribution in [0.5, 0.6) is 0 Å². The number of ether oxygens (including phenoxy) is 1. The molecule has 1 aromatic carbocycles. The highest BCUT2D eigenvalue weighted by molar-refractivity contribution is 7.90. The molecule has 1 N–H and O–H groups in total. The third kappa shape index (κ3) is 6.46. The number of rotatable bonds is 6. The number of aromatic nitrogens is 3. The molecule has 2 atom stereocenters. The summed E-state index contributed by atoms with van der Waals surface area (Å²) in [4.78, 5) is 29.1. The summed E-state index contributed by atoms with van der Waals surface area (Å²) in [6.45, 7) is 7.15. The first-order valence-electron chi connectivity index (χ1n) is 13.0. The van der Waals surface area contributed by atoms with Crippen LogP contribution >= 0.6 is 23.2 Å². The van der Waals surface area contributed by atoms with Gasteiger partial charge in [-0.05, 0) is 62.7 Å². The van der Waals surface area contributed by atoms with E-state index in [0.29, 0.717) is 57.1 Å². The van der Waals surface area contributed by atoms with Gasteiger partial charge in [0.1, 0.15) is 11.5 Å². The number of carbonyl (C=O) groups is 1. The van der Waals surface area contributed by atoms with E-state index in [9.17, 15) is 13.2 Å². The van der Waals surface area contributed by atoms with Gasteiger partial charge in [-0.3, -0.25) is 9.78 Å². The standard InChI is InChI=1S/C29H29Cl2N5O4S/c1-16-5-6-19(9-26(16)41(4,38)39)29(37)33-13-21-10-25-20(12-32-21)7-8-24(34-25)27-22(30)11-23(31)28(35-27)36-14-17(2)40-18(3)15-36/h5-12,17-18H,13-15H2,1-4H3,(H,33,37)/t17-,18+. The maximum Gasteiger partial charge on any atom is 0.251 e. The molecule has 12 heteroatoms. The Labute approximate surface area is 248 Å². The number of benzene rings is 1. The summed E-state index contributed by atoms with van der Waals surface area (Å²) in [6, 6.07) is 11.8. The van der Waals surface area contributed by atoms with E-state index in [1.165, 1.54) is 6.07 Å². The van der Waals surface area contributed by atoms with Crippen molar-refractivity contribution in [3.63, 3.8) is 0 Å². The number of carbonyl (C=O) groups excluding carboxylic acids is 1. The van der Waals surface area contributed by atoms with Gasteiger partial charge in [-0.1, -0.05) is 29.3 Å². The number of fused-ring (bicyclic) bond motifs is 1. The van der Waals surface area contributed by atoms with Crippen molar-refractivity contribution in [2.24, 2.45) is 0 Å². The Morgan fingerprint density at radius 3 is 2.49 bits per heavy atom. The second kappa shape index (κ2) is 11.5. The van der Waals surface area contributed by atoms with Gasteiger partial charge in [0.25, 0.3) is 5.91 Å². The molecule has 0 aliphatic carbocycles. The molecular weight excluding hydrogens is 585 g/mol. The van der Waals surface area contributed by atoms with Crippen molar-refractivity contribution >= 4 is 55.7 Å². The van der Waals surface area contributed by atoms with Crippen LogP contribution in [0.2, 0.25) is 10.0 Å². The van der Waals surface area contributed by atoms with Crippen molar-refractivity contribution in [1.29, 1.82) is 0 Å². The van der Waals surface area contributed by atoms with E-state index in [1.54, 1.807) is 37.4 Å². The number of sulfone groups is 1. The van der Waals surface area contributed by atoms with Gasteiger partial charge >= 0.3 is 0 Å². The van der Waals surface area contributed by atoms with Gasteiger partial charge in [0.2, 0.25) is 0 Å². The summed E-state index contributed by atoms with van der Waals surface area (Å²) in [5.41, 5.74) is 3.15. The summed E-state index contributed by atoms with van der Waals surface area (Å²) in [6.07, 6.45) is 2.87. The molecule has 1 amide bonds. The van der Waals surface area contributed by atoms with Gasteiger partial charge in [0.05, 0.1) is 50.6 Å². The van der Waals surface area contributed by atoms with Crippen LogP contribution in [0.25, 0.3) is 22.3 Å². The SMILES string of the molecule is Cc1ccc(C(=O)NCc2cc3nc(-c4nc(N5C[C@@H](C)O[C@@H](C)C5)c(Cl)cc4Cl)ccc3cn2)cc1S(C)(=O)=O. The lowest BCUT2D eigenvalue weighted by Gasteiger charge is -2.36. The summed E-state index contributed by atoms with van der Waals surface area (Å²) >= 11 is 13.1. The average molecular weight is 615 g/mol. The molecule has 0 saturated carbocycles. The lowest BCUT2D eigenvalue weighted by Crippen LogP contribution is -2.46. The highest BCUT2D eigenvalue weighted by atomic mass is 35.5. The predicted octanol–water partition coefficient (Wildman–Crippen LogP) is 5.25. The van der Waals surface area contributed by atoms with Gasteiger partial charge < -0.3 is 15.0 Å². The monoisotopic (exact) mass is 613 g/mol. The highest BCUT2D eigenvalue weighted by Gasteiger charge is 2.26. The van der Waals surface area contributed by atoms with Crippen molar-refractivity contribution in [3.8, 4) is 11.4 Å². The van der Waals surface area contributed by atoms with Crippen molar-refractivity contribution in [2.75, 3.05) is 24.2 Å². The molecule has 0 bridgehead atoms. The minimum absolute atomic E-state index is 0.0358. The Morgan fingerprint density at radius 1 is 1.05 bits per heavy atom. The van der Waals surface area contributed by atoms with Crippen LogP contribution < -0.4 is 10.2 Å². The van der Waals surface area contributed by atoms with E-state index >= 15 is 0 Å². The third-order valence-corrected chi connectivity index (χ3v) is 8.59. The normalized spacial score (nSPS) is 17.6. The molecule has 0 spiro atoms. The van der Waals surface area contributed by atoms with Gasteiger partial charge in [-0.2, -0.15) is 0 Å². The molecule has 1 saturated heterocycles. The summed E-state index contributed by atoms with van der Waals surface area (Å²) in [5.74, 6) is 0.221. The zero-order chi connectivity index (χ0) is 29.5. The van der Waals surface area contributed by atoms with Crippen molar-refractivity contribution in [2.45, 2.75) is 44.4 Å². The second-order valence-electron chi connectivity index (χ2n) is 10.3. The molecule has 4 aromatic rings. The van der Waals surface area contributed by atoms with E-state index in [1.807, 2.05) is 26.0 Å². The van der Waals surface area contributed by atoms with Gasteiger partial charge in [-0.25, -0.2) is 18.4 Å². The summed E-state index contributed by atoms with van der Waals surface area (Å²) in [7, 11) is -3.46. The number of aryl methyl sites for hydroxylation is 1. The second-order valence-corrected chi connectivity index (χ2v) is 13.1. The maximum absolute atomic E-state index is 12.8. The first-order valence-corrected chi connectivity index (χ1v) is 15.6. The molecular formula is C29H29Cl2N5O4S. The van der Waals surface area contributed by atoms with Crippen LogP contribution in [-0.2, 0) is 21.1 Å². The molecule has 9 nitrogen and oxygen atoms in total. The number of anilines is 1. The fourth-order valence-corrected chi connectivity index (χ4v) is 6.48. The molecule has 3 aromatic heterocycles. The molecule has 214 valence electrons.